The average molecular weight is 248 g/mol. The van der Waals surface area contributed by atoms with Gasteiger partial charge in [-0.2, -0.15) is 0 Å². The van der Waals surface area contributed by atoms with Crippen molar-refractivity contribution >= 4 is 11.7 Å². The first-order valence-corrected chi connectivity index (χ1v) is 6.31. The van der Waals surface area contributed by atoms with Gasteiger partial charge >= 0.3 is 0 Å². The molecule has 0 bridgehead atoms. The van der Waals surface area contributed by atoms with Gasteiger partial charge in [-0.15, -0.1) is 0 Å². The fourth-order valence-corrected chi connectivity index (χ4v) is 2.33. The largest absolute Gasteiger partial charge is 0.409 e. The highest BCUT2D eigenvalue weighted by Gasteiger charge is 2.25. The SMILES string of the molecule is CC(C)C1CCN(c2cccc(/C(N)=N/O)n2)C1. The van der Waals surface area contributed by atoms with Gasteiger partial charge < -0.3 is 15.8 Å². The number of rotatable bonds is 3. The molecular weight excluding hydrogens is 228 g/mol. The monoisotopic (exact) mass is 248 g/mol. The summed E-state index contributed by atoms with van der Waals surface area (Å²) in [5, 5.41) is 11.7. The first-order chi connectivity index (χ1) is 8.61. The molecule has 5 nitrogen and oxygen atoms in total. The van der Waals surface area contributed by atoms with E-state index in [0.29, 0.717) is 11.6 Å². The zero-order chi connectivity index (χ0) is 13.1. The molecule has 1 unspecified atom stereocenters. The zero-order valence-corrected chi connectivity index (χ0v) is 10.9. The van der Waals surface area contributed by atoms with Crippen molar-refractivity contribution in [1.29, 1.82) is 0 Å². The van der Waals surface area contributed by atoms with Gasteiger partial charge in [-0.1, -0.05) is 25.1 Å². The van der Waals surface area contributed by atoms with Gasteiger partial charge in [0.05, 0.1) is 0 Å². The maximum atomic E-state index is 8.67. The molecule has 2 heterocycles. The molecule has 5 heteroatoms. The third kappa shape index (κ3) is 2.55. The maximum Gasteiger partial charge on any atom is 0.188 e. The van der Waals surface area contributed by atoms with Crippen molar-refractivity contribution < 1.29 is 5.21 Å². The van der Waals surface area contributed by atoms with Crippen LogP contribution in [0.15, 0.2) is 23.4 Å². The van der Waals surface area contributed by atoms with Gasteiger partial charge in [0.1, 0.15) is 11.5 Å². The summed E-state index contributed by atoms with van der Waals surface area (Å²) in [6.07, 6.45) is 1.20. The van der Waals surface area contributed by atoms with E-state index < -0.39 is 0 Å². The molecular formula is C13H20N4O. The van der Waals surface area contributed by atoms with Crippen LogP contribution in [-0.4, -0.2) is 29.1 Å². The molecule has 0 aromatic carbocycles. The van der Waals surface area contributed by atoms with Crippen LogP contribution in [0.1, 0.15) is 26.0 Å². The number of hydrogen-bond donors (Lipinski definition) is 2. The average Bonchev–Trinajstić information content (AvgIpc) is 2.88. The lowest BCUT2D eigenvalue weighted by atomic mass is 9.95. The number of anilines is 1. The standard InChI is InChI=1S/C13H20N4O/c1-9(2)10-6-7-17(8-10)12-5-3-4-11(15-12)13(14)16-18/h3-5,9-10,18H,6-8H2,1-2H3,(H2,14,16). The summed E-state index contributed by atoms with van der Waals surface area (Å²) in [4.78, 5) is 6.69. The second-order valence-electron chi connectivity index (χ2n) is 5.11. The number of pyridine rings is 1. The molecule has 18 heavy (non-hydrogen) atoms. The summed E-state index contributed by atoms with van der Waals surface area (Å²) < 4.78 is 0. The Morgan fingerprint density at radius 1 is 1.56 bits per heavy atom. The van der Waals surface area contributed by atoms with Crippen LogP contribution in [0, 0.1) is 11.8 Å². The van der Waals surface area contributed by atoms with Crippen molar-refractivity contribution in [3.63, 3.8) is 0 Å². The number of oxime groups is 1. The smallest absolute Gasteiger partial charge is 0.188 e. The van der Waals surface area contributed by atoms with Crippen LogP contribution < -0.4 is 10.6 Å². The van der Waals surface area contributed by atoms with E-state index in [0.717, 1.165) is 24.8 Å². The minimum Gasteiger partial charge on any atom is -0.409 e. The fourth-order valence-electron chi connectivity index (χ4n) is 2.33. The van der Waals surface area contributed by atoms with Crippen LogP contribution in [0.4, 0.5) is 5.82 Å². The van der Waals surface area contributed by atoms with Crippen LogP contribution >= 0.6 is 0 Å². The van der Waals surface area contributed by atoms with Crippen LogP contribution in [0.3, 0.4) is 0 Å². The molecule has 0 saturated carbocycles. The van der Waals surface area contributed by atoms with E-state index in [1.807, 2.05) is 12.1 Å². The summed E-state index contributed by atoms with van der Waals surface area (Å²) >= 11 is 0. The Morgan fingerprint density at radius 2 is 2.33 bits per heavy atom. The Hall–Kier alpha value is -1.78. The van der Waals surface area contributed by atoms with Crippen LogP contribution in [-0.2, 0) is 0 Å². The van der Waals surface area contributed by atoms with Gasteiger partial charge in [-0.3, -0.25) is 0 Å². The molecule has 3 N–H and O–H groups in total. The number of hydrogen-bond acceptors (Lipinski definition) is 4. The molecule has 1 aliphatic rings. The Bertz CT molecular complexity index is 444. The van der Waals surface area contributed by atoms with E-state index in [1.54, 1.807) is 6.07 Å². The number of nitrogens with two attached hydrogens (primary N) is 1. The minimum atomic E-state index is 0.0523. The lowest BCUT2D eigenvalue weighted by Crippen LogP contribution is -2.23. The normalized spacial score (nSPS) is 20.7. The summed E-state index contributed by atoms with van der Waals surface area (Å²) in [7, 11) is 0. The molecule has 0 amide bonds. The third-order valence-electron chi connectivity index (χ3n) is 3.60. The van der Waals surface area contributed by atoms with Gasteiger partial charge in [0.15, 0.2) is 5.84 Å². The molecule has 1 atom stereocenters. The predicted octanol–water partition coefficient (Wildman–Crippen LogP) is 1.66. The Labute approximate surface area is 107 Å². The second kappa shape index (κ2) is 5.25. The van der Waals surface area contributed by atoms with E-state index >= 15 is 0 Å². The highest BCUT2D eigenvalue weighted by Crippen LogP contribution is 2.27. The fraction of sp³-hybridized carbons (Fsp3) is 0.538. The third-order valence-corrected chi connectivity index (χ3v) is 3.60. The molecule has 1 saturated heterocycles. The lowest BCUT2D eigenvalue weighted by molar-refractivity contribution is 0.318. The van der Waals surface area contributed by atoms with Gasteiger partial charge in [0, 0.05) is 13.1 Å². The molecule has 2 rings (SSSR count). The van der Waals surface area contributed by atoms with Crippen molar-refractivity contribution in [2.24, 2.45) is 22.7 Å². The van der Waals surface area contributed by atoms with E-state index in [9.17, 15) is 0 Å². The van der Waals surface area contributed by atoms with Crippen LogP contribution in [0.2, 0.25) is 0 Å². The van der Waals surface area contributed by atoms with Gasteiger partial charge in [-0.05, 0) is 30.4 Å². The van der Waals surface area contributed by atoms with Crippen molar-refractivity contribution in [1.82, 2.24) is 4.98 Å². The van der Waals surface area contributed by atoms with Gasteiger partial charge in [0.2, 0.25) is 0 Å². The number of amidine groups is 1. The topological polar surface area (TPSA) is 74.7 Å². The first kappa shape index (κ1) is 12.7. The molecule has 0 radical (unpaired) electrons. The second-order valence-corrected chi connectivity index (χ2v) is 5.11. The molecule has 1 aromatic rings. The van der Waals surface area contributed by atoms with Crippen molar-refractivity contribution in [2.75, 3.05) is 18.0 Å². The zero-order valence-electron chi connectivity index (χ0n) is 10.9. The number of aromatic nitrogens is 1. The van der Waals surface area contributed by atoms with E-state index in [1.165, 1.54) is 6.42 Å². The van der Waals surface area contributed by atoms with E-state index in [-0.39, 0.29) is 5.84 Å². The lowest BCUT2D eigenvalue weighted by Gasteiger charge is -2.19. The minimum absolute atomic E-state index is 0.0523. The summed E-state index contributed by atoms with van der Waals surface area (Å²) in [6.45, 7) is 6.57. The molecule has 1 aromatic heterocycles. The van der Waals surface area contributed by atoms with Crippen molar-refractivity contribution in [3.8, 4) is 0 Å². The highest BCUT2D eigenvalue weighted by molar-refractivity contribution is 5.95. The van der Waals surface area contributed by atoms with E-state index in [2.05, 4.69) is 28.9 Å². The summed E-state index contributed by atoms with van der Waals surface area (Å²) in [6, 6.07) is 5.60. The molecule has 0 aliphatic carbocycles. The Morgan fingerprint density at radius 3 is 2.94 bits per heavy atom. The Balaban J connectivity index is 2.15. The van der Waals surface area contributed by atoms with Crippen molar-refractivity contribution in [2.45, 2.75) is 20.3 Å². The van der Waals surface area contributed by atoms with Crippen LogP contribution in [0.25, 0.3) is 0 Å². The molecule has 0 spiro atoms. The van der Waals surface area contributed by atoms with E-state index in [4.69, 9.17) is 10.9 Å². The van der Waals surface area contributed by atoms with Crippen LogP contribution in [0.5, 0.6) is 0 Å². The predicted molar refractivity (Wildman–Crippen MR) is 71.9 cm³/mol. The van der Waals surface area contributed by atoms with Gasteiger partial charge in [-0.25, -0.2) is 4.98 Å². The number of nitrogens with zero attached hydrogens (tertiary/aromatic N) is 3. The Kier molecular flexibility index (Phi) is 3.69. The van der Waals surface area contributed by atoms with Crippen molar-refractivity contribution in [3.05, 3.63) is 23.9 Å². The summed E-state index contributed by atoms with van der Waals surface area (Å²) in [5.41, 5.74) is 6.07. The molecule has 1 aliphatic heterocycles. The molecule has 1 fully saturated rings. The molecule has 98 valence electrons. The highest BCUT2D eigenvalue weighted by atomic mass is 16.4. The van der Waals surface area contributed by atoms with Gasteiger partial charge in [0.25, 0.3) is 0 Å². The first-order valence-electron chi connectivity index (χ1n) is 6.31. The summed E-state index contributed by atoms with van der Waals surface area (Å²) in [5.74, 6) is 2.38. The quantitative estimate of drug-likeness (QED) is 0.369. The maximum absolute atomic E-state index is 8.67.